The molecule has 3 aromatic rings. The number of nitrogens with zero attached hydrogens (tertiary/aromatic N) is 1. The number of benzene rings is 3. The molecule has 3 atom stereocenters. The first-order valence-electron chi connectivity index (χ1n) is 11.2. The van der Waals surface area contributed by atoms with E-state index in [1.54, 1.807) is 12.1 Å². The van der Waals surface area contributed by atoms with E-state index in [1.807, 2.05) is 54.6 Å². The van der Waals surface area contributed by atoms with E-state index in [-0.39, 0.29) is 28.5 Å². The number of carbonyl (C=O) groups excluding carboxylic acids is 1. The fourth-order valence-corrected chi connectivity index (χ4v) is 4.93. The van der Waals surface area contributed by atoms with E-state index in [2.05, 4.69) is 28.9 Å². The number of carbonyl (C=O) groups is 1. The fourth-order valence-electron chi connectivity index (χ4n) is 4.93. The molecule has 2 aliphatic rings. The number of nitrogens with one attached hydrogen (secondary N) is 2. The second-order valence-electron chi connectivity index (χ2n) is 8.66. The predicted molar refractivity (Wildman–Crippen MR) is 129 cm³/mol. The molecule has 1 aliphatic heterocycles. The van der Waals surface area contributed by atoms with Crippen molar-refractivity contribution in [2.75, 3.05) is 10.6 Å². The van der Waals surface area contributed by atoms with Crippen molar-refractivity contribution >= 4 is 23.0 Å². The van der Waals surface area contributed by atoms with Crippen molar-refractivity contribution < 1.29 is 9.72 Å². The van der Waals surface area contributed by atoms with Crippen LogP contribution in [0.1, 0.15) is 41.5 Å². The van der Waals surface area contributed by atoms with Crippen LogP contribution in [-0.2, 0) is 11.2 Å². The lowest BCUT2D eigenvalue weighted by molar-refractivity contribution is -0.384. The summed E-state index contributed by atoms with van der Waals surface area (Å²) in [5.74, 6) is 0.565. The highest BCUT2D eigenvalue weighted by Gasteiger charge is 2.38. The number of nitro benzene ring substituents is 1. The smallest absolute Gasteiger partial charge is 0.269 e. The number of hydrogen-bond acceptors (Lipinski definition) is 4. The summed E-state index contributed by atoms with van der Waals surface area (Å²) < 4.78 is 0. The lowest BCUT2D eigenvalue weighted by atomic mass is 9.77. The average Bonchev–Trinajstić information content (AvgIpc) is 3.33. The molecule has 33 heavy (non-hydrogen) atoms. The van der Waals surface area contributed by atoms with E-state index in [1.165, 1.54) is 5.56 Å². The number of allylic oxidation sites excluding steroid dienone is 2. The second kappa shape index (κ2) is 8.90. The summed E-state index contributed by atoms with van der Waals surface area (Å²) in [6.45, 7) is 0. The molecule has 6 heteroatoms. The first-order valence-corrected chi connectivity index (χ1v) is 11.2. The summed E-state index contributed by atoms with van der Waals surface area (Å²) in [6, 6.07) is 22.9. The lowest BCUT2D eigenvalue weighted by Gasteiger charge is -2.37. The van der Waals surface area contributed by atoms with Gasteiger partial charge >= 0.3 is 0 Å². The van der Waals surface area contributed by atoms with Crippen LogP contribution in [0.15, 0.2) is 84.9 Å². The summed E-state index contributed by atoms with van der Waals surface area (Å²) in [4.78, 5) is 23.1. The highest BCUT2D eigenvalue weighted by molar-refractivity contribution is 5.91. The molecule has 166 valence electrons. The van der Waals surface area contributed by atoms with Crippen molar-refractivity contribution in [3.63, 3.8) is 0 Å². The normalized spacial score (nSPS) is 20.4. The average molecular weight is 440 g/mol. The van der Waals surface area contributed by atoms with Crippen molar-refractivity contribution in [1.82, 2.24) is 0 Å². The standard InChI is InChI=1S/C27H25N3O3/c31-26(16-9-18-5-2-1-3-6-18)28-20-12-15-25-24(17-20)22-7-4-8-23(22)27(29-25)19-10-13-21(14-11-19)30(32)33/h1-7,10-15,17,22-23,27,29H,8-9,16H2,(H,28,31). The van der Waals surface area contributed by atoms with Crippen molar-refractivity contribution in [3.05, 3.63) is 112 Å². The number of non-ortho nitro benzene ring substituents is 1. The third kappa shape index (κ3) is 4.37. The summed E-state index contributed by atoms with van der Waals surface area (Å²) in [5, 5.41) is 17.7. The highest BCUT2D eigenvalue weighted by Crippen LogP contribution is 2.50. The minimum atomic E-state index is -0.372. The number of anilines is 2. The molecule has 0 fully saturated rings. The van der Waals surface area contributed by atoms with Gasteiger partial charge in [0.1, 0.15) is 0 Å². The van der Waals surface area contributed by atoms with Crippen molar-refractivity contribution in [2.24, 2.45) is 5.92 Å². The van der Waals surface area contributed by atoms with Gasteiger partial charge in [-0.15, -0.1) is 0 Å². The van der Waals surface area contributed by atoms with Gasteiger partial charge in [-0.05, 0) is 53.6 Å². The quantitative estimate of drug-likeness (QED) is 0.281. The molecule has 1 aliphatic carbocycles. The maximum atomic E-state index is 12.5. The molecule has 0 bridgehead atoms. The number of nitro groups is 1. The maximum absolute atomic E-state index is 12.5. The molecule has 5 rings (SSSR count). The minimum Gasteiger partial charge on any atom is -0.378 e. The van der Waals surface area contributed by atoms with Gasteiger partial charge in [0.15, 0.2) is 0 Å². The largest absolute Gasteiger partial charge is 0.378 e. The van der Waals surface area contributed by atoms with Gasteiger partial charge in [-0.1, -0.05) is 54.6 Å². The topological polar surface area (TPSA) is 84.3 Å². The van der Waals surface area contributed by atoms with Crippen LogP contribution in [0.2, 0.25) is 0 Å². The number of rotatable bonds is 6. The van der Waals surface area contributed by atoms with Crippen molar-refractivity contribution in [2.45, 2.75) is 31.2 Å². The van der Waals surface area contributed by atoms with E-state index in [0.717, 1.165) is 28.9 Å². The molecule has 1 amide bonds. The Morgan fingerprint density at radius 2 is 1.85 bits per heavy atom. The third-order valence-corrected chi connectivity index (χ3v) is 6.59. The van der Waals surface area contributed by atoms with Gasteiger partial charge in [0, 0.05) is 35.8 Å². The summed E-state index contributed by atoms with van der Waals surface area (Å²) in [7, 11) is 0. The minimum absolute atomic E-state index is 0.00448. The van der Waals surface area contributed by atoms with Crippen LogP contribution in [0.5, 0.6) is 0 Å². The predicted octanol–water partition coefficient (Wildman–Crippen LogP) is 5.99. The van der Waals surface area contributed by atoms with E-state index in [0.29, 0.717) is 18.8 Å². The number of hydrogen-bond donors (Lipinski definition) is 2. The Morgan fingerprint density at radius 1 is 1.06 bits per heavy atom. The summed E-state index contributed by atoms with van der Waals surface area (Å²) in [5.41, 5.74) is 5.31. The molecule has 0 aromatic heterocycles. The van der Waals surface area contributed by atoms with Crippen LogP contribution in [0.4, 0.5) is 17.1 Å². The Hall–Kier alpha value is -3.93. The zero-order valence-electron chi connectivity index (χ0n) is 18.1. The van der Waals surface area contributed by atoms with E-state index in [4.69, 9.17) is 0 Å². The van der Waals surface area contributed by atoms with Crippen LogP contribution >= 0.6 is 0 Å². The van der Waals surface area contributed by atoms with Crippen LogP contribution < -0.4 is 10.6 Å². The van der Waals surface area contributed by atoms with Gasteiger partial charge in [0.25, 0.3) is 5.69 Å². The SMILES string of the molecule is O=C(CCc1ccccc1)Nc1ccc2c(c1)C1C=CCC1C(c1ccc([N+](=O)[O-])cc1)N2. The van der Waals surface area contributed by atoms with Gasteiger partial charge in [-0.25, -0.2) is 0 Å². The molecule has 1 heterocycles. The van der Waals surface area contributed by atoms with Crippen LogP contribution in [0.3, 0.4) is 0 Å². The molecule has 0 radical (unpaired) electrons. The van der Waals surface area contributed by atoms with Crippen molar-refractivity contribution in [1.29, 1.82) is 0 Å². The van der Waals surface area contributed by atoms with Gasteiger partial charge in [-0.2, -0.15) is 0 Å². The number of aryl methyl sites for hydroxylation is 1. The zero-order chi connectivity index (χ0) is 22.8. The lowest BCUT2D eigenvalue weighted by Crippen LogP contribution is -2.29. The molecular formula is C27H25N3O3. The maximum Gasteiger partial charge on any atom is 0.269 e. The Labute approximate surface area is 192 Å². The van der Waals surface area contributed by atoms with Crippen LogP contribution in [-0.4, -0.2) is 10.8 Å². The van der Waals surface area contributed by atoms with E-state index < -0.39 is 0 Å². The molecular weight excluding hydrogens is 414 g/mol. The first-order chi connectivity index (χ1) is 16.1. The molecule has 0 saturated carbocycles. The second-order valence-corrected chi connectivity index (χ2v) is 8.66. The van der Waals surface area contributed by atoms with Gasteiger partial charge in [0.2, 0.25) is 5.91 Å². The van der Waals surface area contributed by atoms with E-state index in [9.17, 15) is 14.9 Å². The Balaban J connectivity index is 1.32. The number of fused-ring (bicyclic) bond motifs is 3. The van der Waals surface area contributed by atoms with Crippen molar-refractivity contribution in [3.8, 4) is 0 Å². The monoisotopic (exact) mass is 439 g/mol. The molecule has 0 spiro atoms. The summed E-state index contributed by atoms with van der Waals surface area (Å²) >= 11 is 0. The fraction of sp³-hybridized carbons (Fsp3) is 0.222. The van der Waals surface area contributed by atoms with Crippen LogP contribution in [0, 0.1) is 16.0 Å². The first kappa shape index (κ1) is 20.9. The number of amides is 1. The van der Waals surface area contributed by atoms with Crippen LogP contribution in [0.25, 0.3) is 0 Å². The van der Waals surface area contributed by atoms with Gasteiger partial charge in [-0.3, -0.25) is 14.9 Å². The molecule has 6 nitrogen and oxygen atoms in total. The van der Waals surface area contributed by atoms with E-state index >= 15 is 0 Å². The Morgan fingerprint density at radius 3 is 2.61 bits per heavy atom. The highest BCUT2D eigenvalue weighted by atomic mass is 16.6. The Kier molecular flexibility index (Phi) is 5.65. The van der Waals surface area contributed by atoms with Gasteiger partial charge in [0.05, 0.1) is 11.0 Å². The molecule has 3 aromatic carbocycles. The Bertz CT molecular complexity index is 1210. The molecule has 2 N–H and O–H groups in total. The zero-order valence-corrected chi connectivity index (χ0v) is 18.1. The van der Waals surface area contributed by atoms with Gasteiger partial charge < -0.3 is 10.6 Å². The summed E-state index contributed by atoms with van der Waals surface area (Å²) in [6.07, 6.45) is 6.53. The molecule has 3 unspecified atom stereocenters. The third-order valence-electron chi connectivity index (χ3n) is 6.59. The molecule has 0 saturated heterocycles.